The van der Waals surface area contributed by atoms with Crippen molar-refractivity contribution in [2.45, 2.75) is 33.2 Å². The summed E-state index contributed by atoms with van der Waals surface area (Å²) in [5.74, 6) is 0. The number of aryl methyl sites for hydroxylation is 3. The molecule has 2 aromatic rings. The molecule has 2 N–H and O–H groups in total. The Morgan fingerprint density at radius 2 is 2.05 bits per heavy atom. The first-order valence-corrected chi connectivity index (χ1v) is 7.71. The van der Waals surface area contributed by atoms with E-state index in [9.17, 15) is 0 Å². The Balaban J connectivity index is 1.67. The van der Waals surface area contributed by atoms with E-state index in [0.29, 0.717) is 5.11 Å². The molecule has 2 rings (SSSR count). The van der Waals surface area contributed by atoms with Gasteiger partial charge in [-0.25, -0.2) is 0 Å². The minimum atomic E-state index is 0.663. The van der Waals surface area contributed by atoms with E-state index in [2.05, 4.69) is 46.9 Å². The topological polar surface area (TPSA) is 41.9 Å². The van der Waals surface area contributed by atoms with Crippen molar-refractivity contribution in [1.29, 1.82) is 0 Å². The Hall–Kier alpha value is -1.88. The Labute approximate surface area is 131 Å². The van der Waals surface area contributed by atoms with Gasteiger partial charge in [-0.3, -0.25) is 4.68 Å². The molecule has 0 saturated heterocycles. The lowest BCUT2D eigenvalue weighted by molar-refractivity contribution is 0.573. The van der Waals surface area contributed by atoms with Gasteiger partial charge in [0, 0.05) is 25.0 Å². The summed E-state index contributed by atoms with van der Waals surface area (Å²) in [6, 6.07) is 8.34. The number of rotatable bonds is 6. The average Bonchev–Trinajstić information content (AvgIpc) is 2.90. The monoisotopic (exact) mass is 302 g/mol. The highest BCUT2D eigenvalue weighted by Gasteiger charge is 1.98. The summed E-state index contributed by atoms with van der Waals surface area (Å²) in [5.41, 5.74) is 3.54. The fraction of sp³-hybridized carbons (Fsp3) is 0.375. The Morgan fingerprint density at radius 1 is 1.29 bits per heavy atom. The molecule has 0 atom stereocenters. The van der Waals surface area contributed by atoms with Gasteiger partial charge >= 0.3 is 0 Å². The van der Waals surface area contributed by atoms with Gasteiger partial charge in [-0.1, -0.05) is 19.1 Å². The molecule has 0 fully saturated rings. The van der Waals surface area contributed by atoms with Crippen LogP contribution in [0.1, 0.15) is 24.5 Å². The molecule has 21 heavy (non-hydrogen) atoms. The van der Waals surface area contributed by atoms with Crippen LogP contribution in [0.2, 0.25) is 0 Å². The highest BCUT2D eigenvalue weighted by Crippen LogP contribution is 2.09. The highest BCUT2D eigenvalue weighted by molar-refractivity contribution is 7.80. The van der Waals surface area contributed by atoms with Crippen LogP contribution in [0.4, 0.5) is 5.69 Å². The van der Waals surface area contributed by atoms with Gasteiger partial charge < -0.3 is 10.6 Å². The van der Waals surface area contributed by atoms with Gasteiger partial charge in [-0.15, -0.1) is 0 Å². The van der Waals surface area contributed by atoms with Crippen LogP contribution in [-0.2, 0) is 13.0 Å². The zero-order valence-corrected chi connectivity index (χ0v) is 13.4. The molecule has 1 aromatic carbocycles. The second-order valence-electron chi connectivity index (χ2n) is 5.07. The molecule has 112 valence electrons. The third kappa shape index (κ3) is 5.19. The standard InChI is InChI=1S/C16H22N4S/c1-3-14-5-7-15(8-6-14)19-16(21)17-9-4-10-20-12-13(2)11-18-20/h5-8,11-12H,3-4,9-10H2,1-2H3,(H2,17,19,21). The lowest BCUT2D eigenvalue weighted by atomic mass is 10.1. The molecule has 0 saturated carbocycles. The molecule has 0 radical (unpaired) electrons. The average molecular weight is 302 g/mol. The van der Waals surface area contributed by atoms with Crippen molar-refractivity contribution in [1.82, 2.24) is 15.1 Å². The molecule has 1 heterocycles. The summed E-state index contributed by atoms with van der Waals surface area (Å²) in [7, 11) is 0. The third-order valence-corrected chi connectivity index (χ3v) is 3.48. The number of nitrogens with zero attached hydrogens (tertiary/aromatic N) is 2. The molecule has 4 nitrogen and oxygen atoms in total. The van der Waals surface area contributed by atoms with Gasteiger partial charge in [0.25, 0.3) is 0 Å². The minimum Gasteiger partial charge on any atom is -0.362 e. The molecule has 0 aliphatic carbocycles. The predicted molar refractivity (Wildman–Crippen MR) is 91.6 cm³/mol. The van der Waals surface area contributed by atoms with Gasteiger partial charge in [-0.2, -0.15) is 5.10 Å². The lowest BCUT2D eigenvalue weighted by Gasteiger charge is -2.11. The van der Waals surface area contributed by atoms with Crippen LogP contribution in [0.25, 0.3) is 0 Å². The summed E-state index contributed by atoms with van der Waals surface area (Å²) in [4.78, 5) is 0. The van der Waals surface area contributed by atoms with Crippen molar-refractivity contribution in [2.24, 2.45) is 0 Å². The number of anilines is 1. The molecular formula is C16H22N4S. The van der Waals surface area contributed by atoms with Crippen molar-refractivity contribution >= 4 is 23.0 Å². The number of hydrogen-bond acceptors (Lipinski definition) is 2. The van der Waals surface area contributed by atoms with Crippen molar-refractivity contribution in [3.63, 3.8) is 0 Å². The normalized spacial score (nSPS) is 10.4. The first-order chi connectivity index (χ1) is 10.2. The van der Waals surface area contributed by atoms with E-state index in [-0.39, 0.29) is 0 Å². The van der Waals surface area contributed by atoms with Crippen LogP contribution >= 0.6 is 12.2 Å². The van der Waals surface area contributed by atoms with Gasteiger partial charge in [0.1, 0.15) is 0 Å². The van der Waals surface area contributed by atoms with Crippen LogP contribution in [0.5, 0.6) is 0 Å². The maximum absolute atomic E-state index is 5.29. The maximum atomic E-state index is 5.29. The third-order valence-electron chi connectivity index (χ3n) is 3.23. The van der Waals surface area contributed by atoms with E-state index in [1.807, 2.05) is 24.0 Å². The molecular weight excluding hydrogens is 280 g/mol. The van der Waals surface area contributed by atoms with E-state index in [0.717, 1.165) is 31.6 Å². The number of hydrogen-bond donors (Lipinski definition) is 2. The quantitative estimate of drug-likeness (QED) is 0.635. The molecule has 1 aromatic heterocycles. The molecule has 0 bridgehead atoms. The zero-order valence-electron chi connectivity index (χ0n) is 12.6. The van der Waals surface area contributed by atoms with Crippen LogP contribution in [0.15, 0.2) is 36.7 Å². The van der Waals surface area contributed by atoms with Crippen LogP contribution in [-0.4, -0.2) is 21.4 Å². The first-order valence-electron chi connectivity index (χ1n) is 7.30. The van der Waals surface area contributed by atoms with Crippen molar-refractivity contribution in [3.8, 4) is 0 Å². The smallest absolute Gasteiger partial charge is 0.170 e. The molecule has 0 unspecified atom stereocenters. The van der Waals surface area contributed by atoms with Crippen LogP contribution < -0.4 is 10.6 Å². The minimum absolute atomic E-state index is 0.663. The first kappa shape index (κ1) is 15.5. The summed E-state index contributed by atoms with van der Waals surface area (Å²) in [6.07, 6.45) is 5.96. The molecule has 0 aliphatic heterocycles. The summed E-state index contributed by atoms with van der Waals surface area (Å²) >= 11 is 5.29. The van der Waals surface area contributed by atoms with Gasteiger partial charge in [0.15, 0.2) is 5.11 Å². The number of aromatic nitrogens is 2. The highest BCUT2D eigenvalue weighted by atomic mass is 32.1. The fourth-order valence-corrected chi connectivity index (χ4v) is 2.25. The van der Waals surface area contributed by atoms with Gasteiger partial charge in [0.2, 0.25) is 0 Å². The Bertz CT molecular complexity index is 574. The molecule has 0 amide bonds. The number of nitrogens with one attached hydrogen (secondary N) is 2. The number of benzene rings is 1. The van der Waals surface area contributed by atoms with Crippen LogP contribution in [0, 0.1) is 6.92 Å². The van der Waals surface area contributed by atoms with Crippen molar-refractivity contribution in [3.05, 3.63) is 47.8 Å². The van der Waals surface area contributed by atoms with E-state index in [1.54, 1.807) is 0 Å². The lowest BCUT2D eigenvalue weighted by Crippen LogP contribution is -2.29. The fourth-order valence-electron chi connectivity index (χ4n) is 2.03. The van der Waals surface area contributed by atoms with E-state index < -0.39 is 0 Å². The molecule has 0 spiro atoms. The second kappa shape index (κ2) is 7.78. The number of thiocarbonyl (C=S) groups is 1. The maximum Gasteiger partial charge on any atom is 0.170 e. The molecule has 5 heteroatoms. The summed E-state index contributed by atoms with van der Waals surface area (Å²) < 4.78 is 1.96. The Morgan fingerprint density at radius 3 is 2.67 bits per heavy atom. The second-order valence-corrected chi connectivity index (χ2v) is 5.47. The van der Waals surface area contributed by atoms with Crippen molar-refractivity contribution < 1.29 is 0 Å². The van der Waals surface area contributed by atoms with E-state index >= 15 is 0 Å². The van der Waals surface area contributed by atoms with Gasteiger partial charge in [0.05, 0.1) is 6.20 Å². The van der Waals surface area contributed by atoms with E-state index in [1.165, 1.54) is 11.1 Å². The largest absolute Gasteiger partial charge is 0.362 e. The zero-order chi connectivity index (χ0) is 15.1. The van der Waals surface area contributed by atoms with Crippen LogP contribution in [0.3, 0.4) is 0 Å². The van der Waals surface area contributed by atoms with Crippen molar-refractivity contribution in [2.75, 3.05) is 11.9 Å². The SMILES string of the molecule is CCc1ccc(NC(=S)NCCCn2cc(C)cn2)cc1. The summed E-state index contributed by atoms with van der Waals surface area (Å²) in [5, 5.41) is 11.3. The Kier molecular flexibility index (Phi) is 5.75. The van der Waals surface area contributed by atoms with Gasteiger partial charge in [-0.05, 0) is 55.2 Å². The molecule has 0 aliphatic rings. The predicted octanol–water partition coefficient (Wildman–Crippen LogP) is 3.13. The summed E-state index contributed by atoms with van der Waals surface area (Å²) in [6.45, 7) is 5.92. The van der Waals surface area contributed by atoms with E-state index in [4.69, 9.17) is 12.2 Å².